The Hall–Kier alpha value is -2.39. The lowest BCUT2D eigenvalue weighted by Crippen LogP contribution is -2.43. The van der Waals surface area contributed by atoms with Crippen LogP contribution in [0.5, 0.6) is 0 Å². The summed E-state index contributed by atoms with van der Waals surface area (Å²) in [6.07, 6.45) is 1.12. The van der Waals surface area contributed by atoms with Crippen molar-refractivity contribution in [1.29, 1.82) is 0 Å². The summed E-state index contributed by atoms with van der Waals surface area (Å²) in [6.45, 7) is 0.385. The second-order valence-corrected chi connectivity index (χ2v) is 5.04. The normalized spacial score (nSPS) is 23.8. The van der Waals surface area contributed by atoms with Crippen LogP contribution in [-0.2, 0) is 14.3 Å². The van der Waals surface area contributed by atoms with Crippen molar-refractivity contribution >= 4 is 17.7 Å². The molecule has 0 heterocycles. The molecule has 1 rings (SSSR count). The molecule has 128 valence electrons. The van der Waals surface area contributed by atoms with Gasteiger partial charge in [-0.1, -0.05) is 6.08 Å². The number of aliphatic imine (C=N–C) groups is 1. The number of carbonyl (C=O) groups is 2. The molecule has 0 unspecified atom stereocenters. The number of hydrogen-bond acceptors (Lipinski definition) is 7. The van der Waals surface area contributed by atoms with Gasteiger partial charge in [0.05, 0.1) is 30.7 Å². The van der Waals surface area contributed by atoms with Crippen molar-refractivity contribution in [2.24, 2.45) is 4.99 Å². The van der Waals surface area contributed by atoms with Crippen LogP contribution >= 0.6 is 0 Å². The Bertz CT molecular complexity index is 580. The molecule has 0 amide bonds. The van der Waals surface area contributed by atoms with Gasteiger partial charge in [0.1, 0.15) is 12.2 Å². The summed E-state index contributed by atoms with van der Waals surface area (Å²) in [4.78, 5) is 25.7. The van der Waals surface area contributed by atoms with Gasteiger partial charge in [0.25, 0.3) is 0 Å². The third-order valence-corrected chi connectivity index (χ3v) is 3.25. The molecule has 0 aliphatic heterocycles. The molecule has 0 aromatic carbocycles. The molecule has 1 aliphatic rings. The lowest BCUT2D eigenvalue weighted by Gasteiger charge is -2.34. The first-order valence-electron chi connectivity index (χ1n) is 6.78. The lowest BCUT2D eigenvalue weighted by atomic mass is 9.85. The standard InChI is InChI=1S/C14H20N2O7/c1-3-8(13(20)21)16-10-5-14(22,7-17)4-9(12(10)23-2)15-6-11(18)19/h3,16-17,22H,4-7H2,1-2H3,(H,18,19)(H,20,21)/b8-3-,15-9?/t14-/m0/s1. The molecule has 9 nitrogen and oxygen atoms in total. The van der Waals surface area contributed by atoms with Crippen molar-refractivity contribution in [2.45, 2.75) is 25.4 Å². The summed E-state index contributed by atoms with van der Waals surface area (Å²) in [7, 11) is 1.33. The van der Waals surface area contributed by atoms with E-state index in [9.17, 15) is 19.8 Å². The number of aliphatic carboxylic acids is 2. The van der Waals surface area contributed by atoms with E-state index in [0.717, 1.165) is 0 Å². The van der Waals surface area contributed by atoms with E-state index in [2.05, 4.69) is 10.3 Å². The minimum Gasteiger partial charge on any atom is -0.493 e. The number of aliphatic hydroxyl groups excluding tert-OH is 1. The molecule has 0 radical (unpaired) electrons. The van der Waals surface area contributed by atoms with E-state index in [1.54, 1.807) is 0 Å². The van der Waals surface area contributed by atoms with Crippen LogP contribution < -0.4 is 5.32 Å². The van der Waals surface area contributed by atoms with Crippen LogP contribution in [0.3, 0.4) is 0 Å². The van der Waals surface area contributed by atoms with Crippen molar-refractivity contribution in [1.82, 2.24) is 5.32 Å². The number of methoxy groups -OCH3 is 1. The van der Waals surface area contributed by atoms with Gasteiger partial charge in [-0.25, -0.2) is 4.79 Å². The minimum absolute atomic E-state index is 0.0939. The molecule has 5 N–H and O–H groups in total. The Kier molecular flexibility index (Phi) is 6.28. The molecule has 0 saturated heterocycles. The number of carboxylic acid groups (broad SMARTS) is 2. The van der Waals surface area contributed by atoms with Gasteiger partial charge in [0, 0.05) is 12.8 Å². The summed E-state index contributed by atoms with van der Waals surface area (Å²) in [5, 5.41) is 40.2. The zero-order chi connectivity index (χ0) is 17.6. The molecular formula is C14H20N2O7. The van der Waals surface area contributed by atoms with Crippen LogP contribution in [-0.4, -0.2) is 63.9 Å². The number of nitrogens with zero attached hydrogens (tertiary/aromatic N) is 1. The Morgan fingerprint density at radius 3 is 2.48 bits per heavy atom. The van der Waals surface area contributed by atoms with Crippen molar-refractivity contribution in [3.63, 3.8) is 0 Å². The van der Waals surface area contributed by atoms with E-state index in [4.69, 9.17) is 14.9 Å². The average molecular weight is 328 g/mol. The number of nitrogens with one attached hydrogen (secondary N) is 1. The lowest BCUT2D eigenvalue weighted by molar-refractivity contribution is -0.135. The quantitative estimate of drug-likeness (QED) is 0.391. The largest absolute Gasteiger partial charge is 0.493 e. The number of carboxylic acids is 2. The van der Waals surface area contributed by atoms with Crippen molar-refractivity contribution in [3.8, 4) is 0 Å². The molecule has 0 aromatic rings. The predicted molar refractivity (Wildman–Crippen MR) is 79.8 cm³/mol. The maximum atomic E-state index is 11.1. The van der Waals surface area contributed by atoms with Crippen molar-refractivity contribution in [2.75, 3.05) is 20.3 Å². The molecule has 23 heavy (non-hydrogen) atoms. The van der Waals surface area contributed by atoms with Crippen LogP contribution in [0.15, 0.2) is 28.2 Å². The smallest absolute Gasteiger partial charge is 0.351 e. The van der Waals surface area contributed by atoms with Gasteiger partial charge in [0.15, 0.2) is 5.76 Å². The zero-order valence-electron chi connectivity index (χ0n) is 12.9. The molecule has 0 spiro atoms. The first kappa shape index (κ1) is 18.7. The third kappa shape index (κ3) is 4.80. The highest BCUT2D eigenvalue weighted by atomic mass is 16.5. The van der Waals surface area contributed by atoms with Gasteiger partial charge in [0.2, 0.25) is 0 Å². The predicted octanol–water partition coefficient (Wildman–Crippen LogP) is -0.535. The van der Waals surface area contributed by atoms with Gasteiger partial charge in [-0.3, -0.25) is 9.79 Å². The maximum Gasteiger partial charge on any atom is 0.351 e. The van der Waals surface area contributed by atoms with Crippen LogP contribution in [0.25, 0.3) is 0 Å². The second kappa shape index (κ2) is 7.75. The summed E-state index contributed by atoms with van der Waals surface area (Å²) in [5.41, 5.74) is -1.38. The first-order valence-corrected chi connectivity index (χ1v) is 6.78. The number of ether oxygens (including phenoxy) is 1. The van der Waals surface area contributed by atoms with Gasteiger partial charge < -0.3 is 30.5 Å². The number of hydrogen-bond donors (Lipinski definition) is 5. The third-order valence-electron chi connectivity index (χ3n) is 3.25. The Morgan fingerprint density at radius 1 is 1.39 bits per heavy atom. The minimum atomic E-state index is -1.58. The number of rotatable bonds is 7. The highest BCUT2D eigenvalue weighted by Gasteiger charge is 2.38. The van der Waals surface area contributed by atoms with Gasteiger partial charge in [-0.05, 0) is 6.92 Å². The van der Waals surface area contributed by atoms with E-state index >= 15 is 0 Å². The molecule has 0 saturated carbocycles. The molecular weight excluding hydrogens is 308 g/mol. The first-order chi connectivity index (χ1) is 10.8. The Balaban J connectivity index is 3.30. The molecule has 0 fully saturated rings. The number of aliphatic hydroxyl groups is 2. The van der Waals surface area contributed by atoms with Gasteiger partial charge >= 0.3 is 11.9 Å². The maximum absolute atomic E-state index is 11.1. The second-order valence-electron chi connectivity index (χ2n) is 5.04. The number of allylic oxidation sites excluding steroid dienone is 2. The highest BCUT2D eigenvalue weighted by molar-refractivity contribution is 6.01. The fraction of sp³-hybridized carbons (Fsp3) is 0.500. The fourth-order valence-corrected chi connectivity index (χ4v) is 2.19. The van der Waals surface area contributed by atoms with Crippen LogP contribution in [0, 0.1) is 0 Å². The summed E-state index contributed by atoms with van der Waals surface area (Å²) in [5.74, 6) is -2.22. The van der Waals surface area contributed by atoms with Crippen LogP contribution in [0.1, 0.15) is 19.8 Å². The van der Waals surface area contributed by atoms with Crippen molar-refractivity contribution < 1.29 is 34.8 Å². The van der Waals surface area contributed by atoms with Crippen LogP contribution in [0.4, 0.5) is 0 Å². The topological polar surface area (TPSA) is 149 Å². The highest BCUT2D eigenvalue weighted by Crippen LogP contribution is 2.30. The Labute approximate surface area is 132 Å². The monoisotopic (exact) mass is 328 g/mol. The molecule has 1 aliphatic carbocycles. The van der Waals surface area contributed by atoms with E-state index < -0.39 is 30.7 Å². The zero-order valence-corrected chi connectivity index (χ0v) is 12.9. The van der Waals surface area contributed by atoms with Crippen molar-refractivity contribution in [3.05, 3.63) is 23.2 Å². The van der Waals surface area contributed by atoms with Gasteiger partial charge in [-0.2, -0.15) is 0 Å². The van der Waals surface area contributed by atoms with Crippen LogP contribution in [0.2, 0.25) is 0 Å². The summed E-state index contributed by atoms with van der Waals surface area (Å²) in [6, 6.07) is 0. The van der Waals surface area contributed by atoms with E-state index in [0.29, 0.717) is 0 Å². The van der Waals surface area contributed by atoms with Gasteiger partial charge in [-0.15, -0.1) is 0 Å². The molecule has 9 heteroatoms. The Morgan fingerprint density at radius 2 is 2.04 bits per heavy atom. The summed E-state index contributed by atoms with van der Waals surface area (Å²) >= 11 is 0. The average Bonchev–Trinajstić information content (AvgIpc) is 2.49. The molecule has 0 aromatic heterocycles. The fourth-order valence-electron chi connectivity index (χ4n) is 2.19. The summed E-state index contributed by atoms with van der Waals surface area (Å²) < 4.78 is 5.19. The van der Waals surface area contributed by atoms with E-state index in [-0.39, 0.29) is 35.7 Å². The van der Waals surface area contributed by atoms with E-state index in [1.807, 2.05) is 0 Å². The van der Waals surface area contributed by atoms with E-state index in [1.165, 1.54) is 20.1 Å². The molecule has 1 atom stereocenters. The SMILES string of the molecule is C/C=C(\NC1=C(OC)C(=NCC(=O)O)C[C@@](O)(CO)C1)C(=O)O. The molecule has 0 bridgehead atoms.